The average molecular weight is 2320 g/mol. The van der Waals surface area contributed by atoms with Crippen LogP contribution in [-0.2, 0) is 25.0 Å². The summed E-state index contributed by atoms with van der Waals surface area (Å²) in [5.41, 5.74) is 21.6. The number of halogens is 5. The summed E-state index contributed by atoms with van der Waals surface area (Å²) in [6.07, 6.45) is 1.10. The second-order valence-electron chi connectivity index (χ2n) is 38.5. The molecule has 1 radical (unpaired) electrons. The Bertz CT molecular complexity index is 8730. The number of thiol groups is 1. The number of hydrogen-bond acceptors (Lipinski definition) is 8. The normalized spacial score (nSPS) is 13.6. The Kier molecular flexibility index (Phi) is 32.1. The van der Waals surface area contributed by atoms with Gasteiger partial charge in [0, 0.05) is 87.3 Å². The van der Waals surface area contributed by atoms with Gasteiger partial charge < -0.3 is 46.9 Å². The first-order chi connectivity index (χ1) is 71.7. The fourth-order valence-corrected chi connectivity index (χ4v) is 21.0. The van der Waals surface area contributed by atoms with Crippen molar-refractivity contribution in [2.24, 2.45) is 4.30 Å². The van der Waals surface area contributed by atoms with Crippen molar-refractivity contribution in [2.75, 3.05) is 0 Å². The number of benzene rings is 20. The summed E-state index contributed by atoms with van der Waals surface area (Å²) in [6, 6.07) is 161. The van der Waals surface area contributed by atoms with E-state index < -0.39 is 21.1 Å². The molecule has 4 aromatic heterocycles. The van der Waals surface area contributed by atoms with Crippen LogP contribution in [0.2, 0.25) is 0 Å². The van der Waals surface area contributed by atoms with Gasteiger partial charge in [0.05, 0.1) is 66.5 Å². The molecule has 2 saturated heterocycles. The molecule has 20 aromatic carbocycles. The minimum absolute atomic E-state index is 0.360. The number of para-hydroxylation sites is 7. The van der Waals surface area contributed by atoms with Gasteiger partial charge in [-0.05, 0) is 319 Å². The third-order valence-electron chi connectivity index (χ3n) is 28.1. The van der Waals surface area contributed by atoms with Crippen LogP contribution in [0, 0.1) is 3.57 Å². The van der Waals surface area contributed by atoms with Crippen LogP contribution in [0.4, 0.5) is 0 Å². The van der Waals surface area contributed by atoms with Crippen LogP contribution in [0.1, 0.15) is 66.5 Å². The van der Waals surface area contributed by atoms with E-state index >= 15 is 0 Å². The van der Waals surface area contributed by atoms with Gasteiger partial charge >= 0.3 is 45.9 Å². The molecule has 148 heavy (non-hydrogen) atoms. The van der Waals surface area contributed by atoms with Gasteiger partial charge in [0.2, 0.25) is 0 Å². The first kappa shape index (κ1) is 104. The second kappa shape index (κ2) is 45.7. The minimum atomic E-state index is -1.46. The summed E-state index contributed by atoms with van der Waals surface area (Å²) in [5.74, 6) is 0. The number of nitrogens with zero attached hydrogens (tertiary/aromatic N) is 5. The minimum Gasteiger partial charge on any atom is -0.309 e. The Morgan fingerprint density at radius 3 is 0.953 bits per heavy atom. The Labute approximate surface area is 918 Å². The molecule has 11 nitrogen and oxygen atoms in total. The Morgan fingerprint density at radius 1 is 0.277 bits per heavy atom. The molecule has 0 amide bonds. The summed E-state index contributed by atoms with van der Waals surface area (Å²) < 4.78 is 41.5. The largest absolute Gasteiger partial charge is 0.309 e. The molecule has 0 atom stereocenters. The standard InChI is InChI=1S/C24H16BrN.C22H14BrN.C22H15N.C18H14BNO2.C13H10.C12H24B2O4.C10H7Br.C6H4BrI.BHNS/c25-19-13-10-17(11-14-19)18-12-15-24-22(16-18)21-8-4-5-9-23(21)26(24)20-6-2-1-3-7-20;23-17-10-12-22-20(14-17)19-7-3-4-8-21(19)24(22)18-11-9-15-5-1-2-6-16(15)13-18;1-2-8-17-15-18(14-13-16(17)7-1)23-21-11-5-3-9-19(21)20-10-4-6-12-22(20)23;21-19(22)13-10-11-18-16(12-13)15-8-4-5-9-17(15)20(18)14-6-2-1-3-7-14;1-3-7-12-10(5-1)9-11-6-2-4-8-13(11)12;1-9(2)10(3,4)16-13(15-9)14-17-11(5,6)12(7,8)18-14;11-10-6-5-8-3-1-2-4-9(8)7-10;7-5-1-3-6(8)4-2-5;1-2-3/h1-16H;1-14H;1-15H;1-12,21-22H;1-8H,9H2;1-8H3;1-7H;1-4H;3H. The van der Waals surface area contributed by atoms with Crippen molar-refractivity contribution in [3.63, 3.8) is 0 Å². The van der Waals surface area contributed by atoms with E-state index in [1.54, 1.807) is 6.07 Å². The molecule has 0 unspecified atom stereocenters. The van der Waals surface area contributed by atoms with Crippen molar-refractivity contribution in [3.8, 4) is 45.0 Å². The van der Waals surface area contributed by atoms with Gasteiger partial charge in [-0.25, -0.2) is 0 Å². The SMILES string of the molecule is Brc1ccc(-c2ccc3c(c2)c2ccccc2n3-c2ccccc2)cc1.Brc1ccc(I)cc1.Brc1ccc2c(c1)c1ccccc1n2-c1ccc2ccccc2c1.Brc1ccc2ccccc2c1.CC1(C)OB(B2OC(C)(C)C(C)(C)O2)OC1(C)C.OB(O)c1ccc2c(c1)c1ccccc1n2-c1ccccc1.[B]=NS.c1ccc2c(c1)Cc1ccccc1-2.c1ccc2cc(-n3c4ccccc4c4ccccc43)ccc2c1. The fourth-order valence-electron chi connectivity index (χ4n) is 19.4. The molecular formula is C127H105B4Br4IN5O6S. The molecule has 727 valence electrons. The maximum absolute atomic E-state index is 9.43. The van der Waals surface area contributed by atoms with E-state index in [1.807, 2.05) is 110 Å². The van der Waals surface area contributed by atoms with Crippen LogP contribution >= 0.6 is 99.1 Å². The van der Waals surface area contributed by atoms with Gasteiger partial charge in [-0.2, -0.15) is 0 Å². The molecule has 2 aliphatic heterocycles. The zero-order valence-corrected chi connectivity index (χ0v) is 92.4. The first-order valence-corrected chi connectivity index (χ1v) is 53.8. The molecule has 2 fully saturated rings. The summed E-state index contributed by atoms with van der Waals surface area (Å²) in [6.45, 7) is 16.2. The molecule has 6 heterocycles. The molecule has 24 aromatic rings. The predicted molar refractivity (Wildman–Crippen MR) is 651 cm³/mol. The molecule has 21 heteroatoms. The Hall–Kier alpha value is -12.8. The zero-order valence-electron chi connectivity index (χ0n) is 83.0. The van der Waals surface area contributed by atoms with Crippen LogP contribution < -0.4 is 5.46 Å². The number of rotatable bonds is 7. The summed E-state index contributed by atoms with van der Waals surface area (Å²) in [4.78, 5) is 0. The van der Waals surface area contributed by atoms with E-state index in [9.17, 15) is 10.0 Å². The third-order valence-corrected chi connectivity index (χ3v) is 30.8. The van der Waals surface area contributed by atoms with Gasteiger partial charge in [0.1, 0.15) is 0 Å². The topological polar surface area (TPSA) is 109 Å². The number of hydrogen-bond donors (Lipinski definition) is 3. The molecule has 0 spiro atoms. The van der Waals surface area contributed by atoms with E-state index in [2.05, 4.69) is 530 Å². The molecule has 0 bridgehead atoms. The number of aromatic nitrogens is 4. The van der Waals surface area contributed by atoms with Crippen LogP contribution in [0.15, 0.2) is 483 Å². The summed E-state index contributed by atoms with van der Waals surface area (Å²) in [7, 11) is 1.93. The Balaban J connectivity index is 0.000000108. The van der Waals surface area contributed by atoms with E-state index in [-0.39, 0.29) is 22.4 Å². The van der Waals surface area contributed by atoms with Gasteiger partial charge in [-0.1, -0.05) is 361 Å². The number of fused-ring (bicyclic) bond motifs is 18. The first-order valence-electron chi connectivity index (χ1n) is 49.1. The van der Waals surface area contributed by atoms with Crippen molar-refractivity contribution in [1.82, 2.24) is 18.3 Å². The molecule has 2 N–H and O–H groups in total. The van der Waals surface area contributed by atoms with Gasteiger partial charge in [-0.3, -0.25) is 0 Å². The van der Waals surface area contributed by atoms with Crippen molar-refractivity contribution in [1.29, 1.82) is 0 Å². The molecule has 0 saturated carbocycles. The molecular weight excluding hydrogens is 2210 g/mol. The van der Waals surface area contributed by atoms with E-state index in [4.69, 9.17) is 18.6 Å². The average Bonchev–Trinajstić information content (AvgIpc) is 1.61. The van der Waals surface area contributed by atoms with E-state index in [0.717, 1.165) is 51.8 Å². The Morgan fingerprint density at radius 2 is 0.554 bits per heavy atom. The monoisotopic (exact) mass is 2310 g/mol. The van der Waals surface area contributed by atoms with Crippen LogP contribution in [0.5, 0.6) is 0 Å². The molecule has 1 aliphatic carbocycles. The van der Waals surface area contributed by atoms with Crippen molar-refractivity contribution < 1.29 is 28.7 Å². The molecule has 27 rings (SSSR count). The fraction of sp³-hybridized carbons (Fsp3) is 0.102. The van der Waals surface area contributed by atoms with Crippen LogP contribution in [-0.4, -0.2) is 79.5 Å². The van der Waals surface area contributed by atoms with Gasteiger partial charge in [0.15, 0.2) is 0 Å². The second-order valence-corrected chi connectivity index (χ2v) is 43.6. The van der Waals surface area contributed by atoms with E-state index in [0.29, 0.717) is 5.46 Å². The van der Waals surface area contributed by atoms with E-state index in [1.165, 1.54) is 152 Å². The maximum atomic E-state index is 9.43. The predicted octanol–water partition coefficient (Wildman–Crippen LogP) is 34.7. The third kappa shape index (κ3) is 22.6. The van der Waals surface area contributed by atoms with Crippen LogP contribution in [0.25, 0.3) is 165 Å². The smallest absolute Gasteiger partial charge is 0.0541 e. The summed E-state index contributed by atoms with van der Waals surface area (Å²) >= 11 is 19.4. The zero-order chi connectivity index (χ0) is 103. The summed E-state index contributed by atoms with van der Waals surface area (Å²) in [5, 5.41) is 36.3. The van der Waals surface area contributed by atoms with Crippen molar-refractivity contribution >= 4 is 253 Å². The van der Waals surface area contributed by atoms with Gasteiger partial charge in [-0.15, -0.1) is 0 Å². The quantitative estimate of drug-likeness (QED) is 0.0833. The van der Waals surface area contributed by atoms with Crippen LogP contribution in [0.3, 0.4) is 0 Å². The van der Waals surface area contributed by atoms with Gasteiger partial charge in [0.25, 0.3) is 0 Å². The molecule has 3 aliphatic rings. The van der Waals surface area contributed by atoms with Crippen molar-refractivity contribution in [2.45, 2.75) is 84.2 Å². The van der Waals surface area contributed by atoms with Crippen molar-refractivity contribution in [3.05, 3.63) is 494 Å². The maximum Gasteiger partial charge on any atom is 0.0541 e.